The van der Waals surface area contributed by atoms with E-state index in [1.54, 1.807) is 6.08 Å². The fourth-order valence-corrected chi connectivity index (χ4v) is 1.31. The average Bonchev–Trinajstić information content (AvgIpc) is 2.99. The highest BCUT2D eigenvalue weighted by Crippen LogP contribution is 2.17. The molecule has 2 rings (SSSR count). The van der Waals surface area contributed by atoms with E-state index >= 15 is 0 Å². The van der Waals surface area contributed by atoms with Crippen molar-refractivity contribution in [1.29, 1.82) is 0 Å². The van der Waals surface area contributed by atoms with Gasteiger partial charge in [-0.3, -0.25) is 9.98 Å². The second-order valence-corrected chi connectivity index (χ2v) is 3.13. The van der Waals surface area contributed by atoms with E-state index in [0.29, 0.717) is 6.54 Å². The Labute approximate surface area is 83.7 Å². The molecule has 0 spiro atoms. The van der Waals surface area contributed by atoms with Crippen LogP contribution in [0, 0.1) is 0 Å². The largest absolute Gasteiger partial charge is 0.291 e. The Morgan fingerprint density at radius 3 is 2.86 bits per heavy atom. The van der Waals surface area contributed by atoms with Crippen molar-refractivity contribution >= 4 is 11.9 Å². The Hall–Kier alpha value is -1.70. The normalized spacial score (nSPS) is 19.4. The third-order valence-electron chi connectivity index (χ3n) is 2.04. The van der Waals surface area contributed by atoms with Gasteiger partial charge in [-0.15, -0.1) is 6.58 Å². The highest BCUT2D eigenvalue weighted by Gasteiger charge is 2.26. The first-order valence-electron chi connectivity index (χ1n) is 4.66. The van der Waals surface area contributed by atoms with E-state index in [9.17, 15) is 0 Å². The summed E-state index contributed by atoms with van der Waals surface area (Å²) in [6, 6.07) is 10.4. The summed E-state index contributed by atoms with van der Waals surface area (Å²) in [4.78, 5) is 8.50. The van der Waals surface area contributed by atoms with Crippen LogP contribution in [0.2, 0.25) is 0 Å². The van der Waals surface area contributed by atoms with Crippen LogP contribution in [0.1, 0.15) is 5.56 Å². The zero-order chi connectivity index (χ0) is 9.80. The van der Waals surface area contributed by atoms with Crippen LogP contribution in [-0.4, -0.2) is 24.5 Å². The Morgan fingerprint density at radius 2 is 2.14 bits per heavy atom. The molecule has 1 atom stereocenters. The smallest absolute Gasteiger partial charge is 0.127 e. The second kappa shape index (κ2) is 4.01. The molecule has 1 heterocycles. The van der Waals surface area contributed by atoms with Gasteiger partial charge < -0.3 is 0 Å². The van der Waals surface area contributed by atoms with Gasteiger partial charge in [-0.1, -0.05) is 36.4 Å². The highest BCUT2D eigenvalue weighted by molar-refractivity contribution is 6.22. The summed E-state index contributed by atoms with van der Waals surface area (Å²) in [5, 5.41) is 0. The minimum Gasteiger partial charge on any atom is -0.291 e. The molecule has 1 unspecified atom stereocenters. The van der Waals surface area contributed by atoms with Crippen molar-refractivity contribution in [1.82, 2.24) is 0 Å². The van der Waals surface area contributed by atoms with Crippen molar-refractivity contribution in [3.05, 3.63) is 48.6 Å². The molecular formula is C12H12N2. The molecule has 0 N–H and O–H groups in total. The summed E-state index contributed by atoms with van der Waals surface area (Å²) in [5.74, 6) is 0. The molecule has 2 heteroatoms. The van der Waals surface area contributed by atoms with Gasteiger partial charge in [0.2, 0.25) is 0 Å². The van der Waals surface area contributed by atoms with Crippen LogP contribution in [0.3, 0.4) is 0 Å². The van der Waals surface area contributed by atoms with E-state index in [1.165, 1.54) is 5.56 Å². The van der Waals surface area contributed by atoms with Crippen LogP contribution in [0.4, 0.5) is 0 Å². The molecular weight excluding hydrogens is 172 g/mol. The van der Waals surface area contributed by atoms with Gasteiger partial charge >= 0.3 is 0 Å². The Morgan fingerprint density at radius 1 is 1.36 bits per heavy atom. The molecule has 2 nitrogen and oxygen atoms in total. The van der Waals surface area contributed by atoms with Crippen LogP contribution >= 0.6 is 0 Å². The molecule has 14 heavy (non-hydrogen) atoms. The van der Waals surface area contributed by atoms with Crippen LogP contribution in [0.15, 0.2) is 53.0 Å². The van der Waals surface area contributed by atoms with Crippen LogP contribution < -0.4 is 0 Å². The molecule has 0 saturated carbocycles. The first kappa shape index (κ1) is 8.88. The first-order chi connectivity index (χ1) is 6.92. The number of aliphatic imine (C=N–C) groups is 2. The third kappa shape index (κ3) is 1.96. The second-order valence-electron chi connectivity index (χ2n) is 3.13. The fraction of sp³-hybridized carbons (Fsp3) is 0.167. The lowest BCUT2D eigenvalue weighted by Gasteiger charge is -1.90. The predicted octanol–water partition coefficient (Wildman–Crippen LogP) is 2.11. The number of nitrogens with zero attached hydrogens (tertiary/aromatic N) is 2. The van der Waals surface area contributed by atoms with Gasteiger partial charge in [0, 0.05) is 6.21 Å². The standard InChI is InChI=1S/C12H12N2/c1-2-8-13-9-11-12(14-11)10-6-4-3-5-7-10/h2-7,9,11H,1,8H2. The molecule has 0 bridgehead atoms. The molecule has 1 aromatic carbocycles. The molecule has 0 fully saturated rings. The molecule has 0 saturated heterocycles. The van der Waals surface area contributed by atoms with Crippen LogP contribution in [0.25, 0.3) is 0 Å². The van der Waals surface area contributed by atoms with E-state index in [4.69, 9.17) is 0 Å². The molecule has 0 aliphatic carbocycles. The van der Waals surface area contributed by atoms with E-state index in [1.807, 2.05) is 24.4 Å². The number of hydrogen-bond donors (Lipinski definition) is 0. The SMILES string of the molecule is C=CCN=CC1N=C1c1ccccc1. The maximum absolute atomic E-state index is 4.33. The van der Waals surface area contributed by atoms with Crippen LogP contribution in [0.5, 0.6) is 0 Å². The van der Waals surface area contributed by atoms with E-state index in [2.05, 4.69) is 28.7 Å². The molecule has 1 aromatic rings. The maximum atomic E-state index is 4.33. The molecule has 0 aromatic heterocycles. The van der Waals surface area contributed by atoms with Gasteiger partial charge in [-0.05, 0) is 5.56 Å². The van der Waals surface area contributed by atoms with E-state index in [0.717, 1.165) is 5.71 Å². The van der Waals surface area contributed by atoms with Crippen molar-refractivity contribution in [3.63, 3.8) is 0 Å². The molecule has 1 aliphatic heterocycles. The van der Waals surface area contributed by atoms with Gasteiger partial charge in [0.25, 0.3) is 0 Å². The third-order valence-corrected chi connectivity index (χ3v) is 2.04. The molecule has 0 radical (unpaired) electrons. The predicted molar refractivity (Wildman–Crippen MR) is 60.3 cm³/mol. The lowest BCUT2D eigenvalue weighted by molar-refractivity contribution is 1.23. The molecule has 0 amide bonds. The van der Waals surface area contributed by atoms with Gasteiger partial charge in [-0.25, -0.2) is 0 Å². The Balaban J connectivity index is 1.93. The average molecular weight is 184 g/mol. The van der Waals surface area contributed by atoms with Crippen molar-refractivity contribution in [2.45, 2.75) is 6.04 Å². The summed E-state index contributed by atoms with van der Waals surface area (Å²) < 4.78 is 0. The van der Waals surface area contributed by atoms with Gasteiger partial charge in [-0.2, -0.15) is 0 Å². The Kier molecular flexibility index (Phi) is 2.54. The summed E-state index contributed by atoms with van der Waals surface area (Å²) in [7, 11) is 0. The van der Waals surface area contributed by atoms with Crippen LogP contribution in [-0.2, 0) is 0 Å². The van der Waals surface area contributed by atoms with Crippen molar-refractivity contribution in [2.75, 3.05) is 6.54 Å². The van der Waals surface area contributed by atoms with Gasteiger partial charge in [0.05, 0.1) is 12.3 Å². The summed E-state index contributed by atoms with van der Waals surface area (Å²) in [6.45, 7) is 4.28. The topological polar surface area (TPSA) is 24.7 Å². The van der Waals surface area contributed by atoms with Gasteiger partial charge in [0.1, 0.15) is 6.04 Å². The van der Waals surface area contributed by atoms with E-state index < -0.39 is 0 Å². The zero-order valence-electron chi connectivity index (χ0n) is 7.93. The first-order valence-corrected chi connectivity index (χ1v) is 4.66. The number of hydrogen-bond acceptors (Lipinski definition) is 2. The minimum atomic E-state index is 0.206. The summed E-state index contributed by atoms with van der Waals surface area (Å²) >= 11 is 0. The minimum absolute atomic E-state index is 0.206. The summed E-state index contributed by atoms with van der Waals surface area (Å²) in [5.41, 5.74) is 2.33. The van der Waals surface area contributed by atoms with E-state index in [-0.39, 0.29) is 6.04 Å². The lowest BCUT2D eigenvalue weighted by atomic mass is 10.1. The quantitative estimate of drug-likeness (QED) is 0.506. The number of rotatable bonds is 4. The number of benzene rings is 1. The van der Waals surface area contributed by atoms with Gasteiger partial charge in [0.15, 0.2) is 0 Å². The molecule has 70 valence electrons. The van der Waals surface area contributed by atoms with Crippen molar-refractivity contribution in [2.24, 2.45) is 9.98 Å². The maximum Gasteiger partial charge on any atom is 0.127 e. The highest BCUT2D eigenvalue weighted by atomic mass is 15.0. The monoisotopic (exact) mass is 184 g/mol. The lowest BCUT2D eigenvalue weighted by Crippen LogP contribution is -2.00. The fourth-order valence-electron chi connectivity index (χ4n) is 1.31. The van der Waals surface area contributed by atoms with Crippen molar-refractivity contribution in [3.8, 4) is 0 Å². The van der Waals surface area contributed by atoms with Crippen molar-refractivity contribution < 1.29 is 0 Å². The molecule has 1 aliphatic rings. The summed E-state index contributed by atoms with van der Waals surface area (Å²) in [6.07, 6.45) is 3.66. The zero-order valence-corrected chi connectivity index (χ0v) is 7.93. The Bertz CT molecular complexity index is 377.